The molecule has 1 aromatic rings. The second-order valence-corrected chi connectivity index (χ2v) is 6.14. The fraction of sp³-hybridized carbons (Fsp3) is 0.625. The van der Waals surface area contributed by atoms with E-state index in [1.165, 1.54) is 6.07 Å². The van der Waals surface area contributed by atoms with Crippen molar-refractivity contribution in [2.24, 2.45) is 11.7 Å². The monoisotopic (exact) mass is 264 g/mol. The fourth-order valence-corrected chi connectivity index (χ4v) is 3.13. The summed E-state index contributed by atoms with van der Waals surface area (Å²) < 4.78 is 13.6. The van der Waals surface area contributed by atoms with Crippen molar-refractivity contribution >= 4 is 0 Å². The Morgan fingerprint density at radius 2 is 2.16 bits per heavy atom. The molecule has 1 saturated heterocycles. The maximum Gasteiger partial charge on any atom is 0.123 e. The summed E-state index contributed by atoms with van der Waals surface area (Å²) in [4.78, 5) is 2.43. The van der Waals surface area contributed by atoms with Crippen molar-refractivity contribution in [1.82, 2.24) is 4.90 Å². The molecule has 2 unspecified atom stereocenters. The SMILES string of the molecule is Cc1ccc(F)cc1C1C(N)CCCN1CC(C)C. The first-order chi connectivity index (χ1) is 8.99. The zero-order valence-electron chi connectivity index (χ0n) is 12.2. The highest BCUT2D eigenvalue weighted by Crippen LogP contribution is 2.33. The van der Waals surface area contributed by atoms with Gasteiger partial charge in [0.15, 0.2) is 0 Å². The molecule has 0 spiro atoms. The van der Waals surface area contributed by atoms with Crippen molar-refractivity contribution in [3.8, 4) is 0 Å². The molecule has 0 radical (unpaired) electrons. The molecule has 2 nitrogen and oxygen atoms in total. The number of nitrogens with two attached hydrogens (primary N) is 1. The Labute approximate surface area is 115 Å². The lowest BCUT2D eigenvalue weighted by molar-refractivity contribution is 0.113. The highest BCUT2D eigenvalue weighted by Gasteiger charge is 2.31. The number of aryl methyl sites for hydroxylation is 1. The molecule has 0 saturated carbocycles. The van der Waals surface area contributed by atoms with Crippen molar-refractivity contribution in [1.29, 1.82) is 0 Å². The molecule has 1 aliphatic heterocycles. The van der Waals surface area contributed by atoms with Gasteiger partial charge in [-0.1, -0.05) is 19.9 Å². The molecule has 1 heterocycles. The number of hydrogen-bond acceptors (Lipinski definition) is 2. The third kappa shape index (κ3) is 3.34. The van der Waals surface area contributed by atoms with Gasteiger partial charge in [0, 0.05) is 12.6 Å². The lowest BCUT2D eigenvalue weighted by atomic mass is 9.88. The van der Waals surface area contributed by atoms with E-state index in [0.717, 1.165) is 37.1 Å². The van der Waals surface area contributed by atoms with E-state index in [0.29, 0.717) is 5.92 Å². The van der Waals surface area contributed by atoms with E-state index in [4.69, 9.17) is 5.73 Å². The topological polar surface area (TPSA) is 29.3 Å². The van der Waals surface area contributed by atoms with Crippen molar-refractivity contribution in [2.75, 3.05) is 13.1 Å². The average molecular weight is 264 g/mol. The van der Waals surface area contributed by atoms with Crippen LogP contribution in [-0.2, 0) is 0 Å². The first-order valence-electron chi connectivity index (χ1n) is 7.24. The minimum atomic E-state index is -0.164. The van der Waals surface area contributed by atoms with Crippen molar-refractivity contribution in [3.05, 3.63) is 35.1 Å². The Balaban J connectivity index is 2.33. The van der Waals surface area contributed by atoms with Gasteiger partial charge in [-0.2, -0.15) is 0 Å². The zero-order chi connectivity index (χ0) is 14.0. The molecule has 2 N–H and O–H groups in total. The minimum absolute atomic E-state index is 0.105. The molecule has 0 amide bonds. The van der Waals surface area contributed by atoms with Crippen LogP contribution in [0.1, 0.15) is 43.9 Å². The summed E-state index contributed by atoms with van der Waals surface area (Å²) in [5.41, 5.74) is 8.53. The van der Waals surface area contributed by atoms with E-state index in [-0.39, 0.29) is 17.9 Å². The standard InChI is InChI=1S/C16H25FN2/c1-11(2)10-19-8-4-5-15(18)16(19)14-9-13(17)7-6-12(14)3/h6-7,9,11,15-16H,4-5,8,10,18H2,1-3H3. The summed E-state index contributed by atoms with van der Waals surface area (Å²) in [5, 5.41) is 0. The molecule has 1 aliphatic rings. The maximum absolute atomic E-state index is 13.6. The highest BCUT2D eigenvalue weighted by molar-refractivity contribution is 5.31. The van der Waals surface area contributed by atoms with Crippen LogP contribution in [0.2, 0.25) is 0 Å². The third-order valence-corrected chi connectivity index (χ3v) is 3.94. The summed E-state index contributed by atoms with van der Waals surface area (Å²) in [6.45, 7) is 8.57. The van der Waals surface area contributed by atoms with Crippen LogP contribution in [0.3, 0.4) is 0 Å². The predicted octanol–water partition coefficient (Wildman–Crippen LogP) is 3.25. The van der Waals surface area contributed by atoms with Gasteiger partial charge in [0.25, 0.3) is 0 Å². The van der Waals surface area contributed by atoms with Crippen molar-refractivity contribution in [3.63, 3.8) is 0 Å². The van der Waals surface area contributed by atoms with Crippen LogP contribution in [0.4, 0.5) is 4.39 Å². The van der Waals surface area contributed by atoms with Crippen LogP contribution < -0.4 is 5.73 Å². The van der Waals surface area contributed by atoms with Crippen LogP contribution >= 0.6 is 0 Å². The molecular weight excluding hydrogens is 239 g/mol. The number of nitrogens with zero attached hydrogens (tertiary/aromatic N) is 1. The van der Waals surface area contributed by atoms with Crippen LogP contribution in [-0.4, -0.2) is 24.0 Å². The van der Waals surface area contributed by atoms with Crippen LogP contribution in [0, 0.1) is 18.7 Å². The first kappa shape index (κ1) is 14.5. The number of halogens is 1. The number of hydrogen-bond donors (Lipinski definition) is 1. The first-order valence-corrected chi connectivity index (χ1v) is 7.24. The molecule has 1 fully saturated rings. The number of likely N-dealkylation sites (tertiary alicyclic amines) is 1. The van der Waals surface area contributed by atoms with Gasteiger partial charge in [0.2, 0.25) is 0 Å². The number of rotatable bonds is 3. The Kier molecular flexibility index (Phi) is 4.58. The van der Waals surface area contributed by atoms with E-state index < -0.39 is 0 Å². The van der Waals surface area contributed by atoms with E-state index in [1.54, 1.807) is 6.07 Å². The summed E-state index contributed by atoms with van der Waals surface area (Å²) in [5.74, 6) is 0.435. The molecule has 3 heteroatoms. The Morgan fingerprint density at radius 1 is 1.42 bits per heavy atom. The molecule has 0 aliphatic carbocycles. The van der Waals surface area contributed by atoms with Gasteiger partial charge in [-0.3, -0.25) is 4.90 Å². The lowest BCUT2D eigenvalue weighted by Crippen LogP contribution is -2.47. The molecular formula is C16H25FN2. The molecule has 1 aromatic carbocycles. The summed E-state index contributed by atoms with van der Waals surface area (Å²) >= 11 is 0. The highest BCUT2D eigenvalue weighted by atomic mass is 19.1. The summed E-state index contributed by atoms with van der Waals surface area (Å²) in [7, 11) is 0. The minimum Gasteiger partial charge on any atom is -0.326 e. The largest absolute Gasteiger partial charge is 0.326 e. The van der Waals surface area contributed by atoms with E-state index in [2.05, 4.69) is 18.7 Å². The molecule has 106 valence electrons. The van der Waals surface area contributed by atoms with Gasteiger partial charge in [0.05, 0.1) is 6.04 Å². The summed E-state index contributed by atoms with van der Waals surface area (Å²) in [6, 6.07) is 5.32. The van der Waals surface area contributed by atoms with Gasteiger partial charge in [-0.15, -0.1) is 0 Å². The maximum atomic E-state index is 13.6. The van der Waals surface area contributed by atoms with E-state index >= 15 is 0 Å². The van der Waals surface area contributed by atoms with Gasteiger partial charge in [-0.25, -0.2) is 4.39 Å². The quantitative estimate of drug-likeness (QED) is 0.908. The third-order valence-electron chi connectivity index (χ3n) is 3.94. The number of benzene rings is 1. The number of piperidine rings is 1. The smallest absolute Gasteiger partial charge is 0.123 e. The lowest BCUT2D eigenvalue weighted by Gasteiger charge is -2.41. The predicted molar refractivity (Wildman–Crippen MR) is 77.5 cm³/mol. The zero-order valence-corrected chi connectivity index (χ0v) is 12.2. The molecule has 19 heavy (non-hydrogen) atoms. The van der Waals surface area contributed by atoms with Crippen LogP contribution in [0.25, 0.3) is 0 Å². The van der Waals surface area contributed by atoms with Crippen LogP contribution in [0.15, 0.2) is 18.2 Å². The normalized spacial score (nSPS) is 24.9. The second-order valence-electron chi connectivity index (χ2n) is 6.14. The van der Waals surface area contributed by atoms with Gasteiger partial charge >= 0.3 is 0 Å². The Morgan fingerprint density at radius 3 is 2.84 bits per heavy atom. The molecule has 2 atom stereocenters. The van der Waals surface area contributed by atoms with Gasteiger partial charge < -0.3 is 5.73 Å². The second kappa shape index (κ2) is 6.02. The molecule has 0 bridgehead atoms. The summed E-state index contributed by atoms with van der Waals surface area (Å²) in [6.07, 6.45) is 2.16. The van der Waals surface area contributed by atoms with Crippen LogP contribution in [0.5, 0.6) is 0 Å². The fourth-order valence-electron chi connectivity index (χ4n) is 3.13. The van der Waals surface area contributed by atoms with E-state index in [9.17, 15) is 4.39 Å². The average Bonchev–Trinajstić information content (AvgIpc) is 2.32. The van der Waals surface area contributed by atoms with Crippen molar-refractivity contribution < 1.29 is 4.39 Å². The van der Waals surface area contributed by atoms with Gasteiger partial charge in [0.1, 0.15) is 5.82 Å². The Hall–Kier alpha value is -0.930. The molecule has 0 aromatic heterocycles. The van der Waals surface area contributed by atoms with E-state index in [1.807, 2.05) is 13.0 Å². The van der Waals surface area contributed by atoms with Gasteiger partial charge in [-0.05, 0) is 55.5 Å². The Bertz CT molecular complexity index is 431. The van der Waals surface area contributed by atoms with Crippen molar-refractivity contribution in [2.45, 2.75) is 45.7 Å². The molecule has 2 rings (SSSR count).